The first-order valence-electron chi connectivity index (χ1n) is 37.8. The van der Waals surface area contributed by atoms with E-state index in [0.717, 1.165) is 108 Å². The number of phosphoric ester groups is 2. The molecule has 0 amide bonds. The summed E-state index contributed by atoms with van der Waals surface area (Å²) in [7, 11) is -9.91. The number of hydrogen-bond donors (Lipinski definition) is 3. The highest BCUT2D eigenvalue weighted by Crippen LogP contribution is 2.45. The molecule has 5 atom stereocenters. The summed E-state index contributed by atoms with van der Waals surface area (Å²) >= 11 is 0. The minimum absolute atomic E-state index is 0.105. The second-order valence-corrected chi connectivity index (χ2v) is 30.7. The maximum absolute atomic E-state index is 13.1. The van der Waals surface area contributed by atoms with Gasteiger partial charge in [-0.15, -0.1) is 0 Å². The molecule has 0 bridgehead atoms. The number of carbonyl (C=O) groups excluding carboxylic acids is 4. The van der Waals surface area contributed by atoms with Gasteiger partial charge < -0.3 is 33.8 Å². The standard InChI is InChI=1S/C73H142O17P2/c1-8-9-10-11-12-13-14-15-16-17-18-19-26-35-42-49-56-72(77)89-68(60-83-70(75)54-47-40-33-25-21-20-23-30-37-44-51-64(2)3)62-87-91(79,80)85-58-67(74)59-86-92(81,82)88-63-69(61-84-71(76)55-48-41-34-29-28-32-39-46-53-66(6)7)90-73(78)57-50-43-36-27-22-24-31-38-45-52-65(4)5/h64-69,74H,8-63H2,1-7H3,(H,79,80)(H,81,82)/t67-,68-,69-/m1/s1. The lowest BCUT2D eigenvalue weighted by atomic mass is 10.0. The Hall–Kier alpha value is -1.94. The first-order chi connectivity index (χ1) is 44.2. The van der Waals surface area contributed by atoms with Crippen molar-refractivity contribution in [2.75, 3.05) is 39.6 Å². The monoisotopic (exact) mass is 1350 g/mol. The van der Waals surface area contributed by atoms with Crippen LogP contribution in [0.4, 0.5) is 0 Å². The highest BCUT2D eigenvalue weighted by molar-refractivity contribution is 7.47. The summed E-state index contributed by atoms with van der Waals surface area (Å²) in [5, 5.41) is 10.6. The van der Waals surface area contributed by atoms with Crippen molar-refractivity contribution in [1.82, 2.24) is 0 Å². The van der Waals surface area contributed by atoms with E-state index < -0.39 is 97.5 Å². The van der Waals surface area contributed by atoms with Gasteiger partial charge in [-0.25, -0.2) is 9.13 Å². The molecule has 546 valence electrons. The van der Waals surface area contributed by atoms with Gasteiger partial charge in [-0.2, -0.15) is 0 Å². The van der Waals surface area contributed by atoms with Crippen molar-refractivity contribution in [2.45, 2.75) is 388 Å². The lowest BCUT2D eigenvalue weighted by Crippen LogP contribution is -2.30. The van der Waals surface area contributed by atoms with Gasteiger partial charge in [0.2, 0.25) is 0 Å². The number of aliphatic hydroxyl groups excluding tert-OH is 1. The Balaban J connectivity index is 5.26. The van der Waals surface area contributed by atoms with Gasteiger partial charge in [0.1, 0.15) is 19.3 Å². The van der Waals surface area contributed by atoms with Gasteiger partial charge in [-0.1, -0.05) is 318 Å². The number of carbonyl (C=O) groups is 4. The molecular formula is C73H142O17P2. The summed E-state index contributed by atoms with van der Waals surface area (Å²) in [5.74, 6) is 0.0992. The zero-order chi connectivity index (χ0) is 68.0. The Morgan fingerprint density at radius 3 is 0.739 bits per heavy atom. The molecule has 0 aromatic rings. The van der Waals surface area contributed by atoms with E-state index in [1.807, 2.05) is 0 Å². The van der Waals surface area contributed by atoms with E-state index in [1.165, 1.54) is 180 Å². The Labute approximate surface area is 562 Å². The number of esters is 4. The van der Waals surface area contributed by atoms with Crippen molar-refractivity contribution in [1.29, 1.82) is 0 Å². The van der Waals surface area contributed by atoms with Crippen LogP contribution in [-0.4, -0.2) is 96.7 Å². The molecule has 0 fully saturated rings. The Morgan fingerprint density at radius 1 is 0.293 bits per heavy atom. The molecule has 0 aliphatic rings. The van der Waals surface area contributed by atoms with E-state index in [0.29, 0.717) is 25.7 Å². The lowest BCUT2D eigenvalue weighted by Gasteiger charge is -2.21. The molecule has 0 saturated carbocycles. The predicted molar refractivity (Wildman–Crippen MR) is 372 cm³/mol. The third kappa shape index (κ3) is 66.7. The maximum Gasteiger partial charge on any atom is 0.472 e. The topological polar surface area (TPSA) is 237 Å². The van der Waals surface area contributed by atoms with Gasteiger partial charge in [-0.3, -0.25) is 37.3 Å². The van der Waals surface area contributed by atoms with Crippen LogP contribution in [0.25, 0.3) is 0 Å². The van der Waals surface area contributed by atoms with Gasteiger partial charge in [0.25, 0.3) is 0 Å². The average Bonchev–Trinajstić information content (AvgIpc) is 3.55. The largest absolute Gasteiger partial charge is 0.472 e. The molecule has 0 rings (SSSR count). The molecule has 0 aliphatic carbocycles. The SMILES string of the molecule is CCCCCCCCCCCCCCCCCCC(=O)O[C@H](COC(=O)CCCCCCCCCCCCC(C)C)COP(=O)(O)OC[C@@H](O)COP(=O)(O)OC[C@@H](COC(=O)CCCCCCCCCCC(C)C)OC(=O)CCCCCCCCCCCC(C)C. The van der Waals surface area contributed by atoms with Crippen LogP contribution in [0.3, 0.4) is 0 Å². The van der Waals surface area contributed by atoms with Crippen LogP contribution >= 0.6 is 15.6 Å². The Morgan fingerprint density at radius 2 is 0.500 bits per heavy atom. The fraction of sp³-hybridized carbons (Fsp3) is 0.945. The predicted octanol–water partition coefficient (Wildman–Crippen LogP) is 21.0. The summed E-state index contributed by atoms with van der Waals surface area (Å²) in [6, 6.07) is 0. The van der Waals surface area contributed by atoms with Crippen LogP contribution in [0.15, 0.2) is 0 Å². The van der Waals surface area contributed by atoms with Gasteiger partial charge in [0.15, 0.2) is 12.2 Å². The fourth-order valence-corrected chi connectivity index (χ4v) is 12.7. The van der Waals surface area contributed by atoms with Gasteiger partial charge in [0, 0.05) is 25.7 Å². The minimum Gasteiger partial charge on any atom is -0.462 e. The second-order valence-electron chi connectivity index (χ2n) is 27.8. The van der Waals surface area contributed by atoms with Gasteiger partial charge in [0.05, 0.1) is 26.4 Å². The molecule has 17 nitrogen and oxygen atoms in total. The summed E-state index contributed by atoms with van der Waals surface area (Å²) in [6.07, 6.45) is 48.6. The molecule has 0 saturated heterocycles. The van der Waals surface area contributed by atoms with Gasteiger partial charge in [-0.05, 0) is 43.4 Å². The Kier molecular flexibility index (Phi) is 62.4. The molecule has 0 aromatic heterocycles. The molecule has 0 aliphatic heterocycles. The fourth-order valence-electron chi connectivity index (χ4n) is 11.1. The number of aliphatic hydroxyl groups is 1. The number of rotatable bonds is 71. The molecular weight excluding hydrogens is 1210 g/mol. The maximum atomic E-state index is 13.1. The Bertz CT molecular complexity index is 1800. The highest BCUT2D eigenvalue weighted by atomic mass is 31.2. The first-order valence-corrected chi connectivity index (χ1v) is 40.8. The smallest absolute Gasteiger partial charge is 0.462 e. The molecule has 19 heteroatoms. The van der Waals surface area contributed by atoms with Crippen LogP contribution in [0.5, 0.6) is 0 Å². The summed E-state index contributed by atoms with van der Waals surface area (Å²) in [5.41, 5.74) is 0. The second kappa shape index (κ2) is 63.8. The zero-order valence-corrected chi connectivity index (χ0v) is 61.8. The first kappa shape index (κ1) is 90.1. The van der Waals surface area contributed by atoms with Crippen LogP contribution in [0.2, 0.25) is 0 Å². The normalized spacial score (nSPS) is 14.1. The van der Waals surface area contributed by atoms with Crippen LogP contribution < -0.4 is 0 Å². The van der Waals surface area contributed by atoms with Crippen LogP contribution in [0, 0.1) is 17.8 Å². The third-order valence-corrected chi connectivity index (χ3v) is 18.8. The molecule has 0 heterocycles. The number of phosphoric acid groups is 2. The van der Waals surface area contributed by atoms with Crippen molar-refractivity contribution in [2.24, 2.45) is 17.8 Å². The molecule has 0 aromatic carbocycles. The molecule has 0 radical (unpaired) electrons. The van der Waals surface area contributed by atoms with Crippen molar-refractivity contribution in [3.8, 4) is 0 Å². The molecule has 2 unspecified atom stereocenters. The number of hydrogen-bond acceptors (Lipinski definition) is 15. The van der Waals surface area contributed by atoms with Crippen molar-refractivity contribution < 1.29 is 80.2 Å². The molecule has 92 heavy (non-hydrogen) atoms. The average molecular weight is 1350 g/mol. The molecule has 0 spiro atoms. The van der Waals surface area contributed by atoms with Crippen molar-refractivity contribution >= 4 is 39.5 Å². The highest BCUT2D eigenvalue weighted by Gasteiger charge is 2.30. The number of ether oxygens (including phenoxy) is 4. The van der Waals surface area contributed by atoms with E-state index in [-0.39, 0.29) is 25.7 Å². The minimum atomic E-state index is -4.95. The van der Waals surface area contributed by atoms with E-state index >= 15 is 0 Å². The third-order valence-electron chi connectivity index (χ3n) is 16.9. The van der Waals surface area contributed by atoms with Crippen LogP contribution in [-0.2, 0) is 65.4 Å². The van der Waals surface area contributed by atoms with E-state index in [2.05, 4.69) is 48.5 Å². The summed E-state index contributed by atoms with van der Waals surface area (Å²) < 4.78 is 68.4. The van der Waals surface area contributed by atoms with E-state index in [1.54, 1.807) is 0 Å². The van der Waals surface area contributed by atoms with E-state index in [4.69, 9.17) is 37.0 Å². The van der Waals surface area contributed by atoms with E-state index in [9.17, 15) is 43.2 Å². The van der Waals surface area contributed by atoms with Gasteiger partial charge >= 0.3 is 39.5 Å². The molecule has 3 N–H and O–H groups in total. The summed E-state index contributed by atoms with van der Waals surface area (Å²) in [4.78, 5) is 72.7. The summed E-state index contributed by atoms with van der Waals surface area (Å²) in [6.45, 7) is 11.8. The van der Waals surface area contributed by atoms with Crippen molar-refractivity contribution in [3.05, 3.63) is 0 Å². The zero-order valence-electron chi connectivity index (χ0n) is 60.0. The van der Waals surface area contributed by atoms with Crippen LogP contribution in [0.1, 0.15) is 370 Å². The van der Waals surface area contributed by atoms with Crippen molar-refractivity contribution in [3.63, 3.8) is 0 Å². The lowest BCUT2D eigenvalue weighted by molar-refractivity contribution is -0.161. The quantitative estimate of drug-likeness (QED) is 0.0222. The number of unbranched alkanes of at least 4 members (excludes halogenated alkanes) is 39.